The first-order valence-electron chi connectivity index (χ1n) is 5.44. The van der Waals surface area contributed by atoms with Crippen LogP contribution in [0.25, 0.3) is 0 Å². The van der Waals surface area contributed by atoms with Crippen LogP contribution in [0.15, 0.2) is 6.07 Å². The fourth-order valence-electron chi connectivity index (χ4n) is 2.15. The van der Waals surface area contributed by atoms with Crippen LogP contribution in [0.3, 0.4) is 0 Å². The number of ether oxygens (including phenoxy) is 1. The summed E-state index contributed by atoms with van der Waals surface area (Å²) in [7, 11) is 0. The Morgan fingerprint density at radius 3 is 2.67 bits per heavy atom. The highest BCUT2D eigenvalue weighted by molar-refractivity contribution is 7.12. The second-order valence-corrected chi connectivity index (χ2v) is 6.13. The third kappa shape index (κ3) is 2.38. The quantitative estimate of drug-likeness (QED) is 0.708. The summed E-state index contributed by atoms with van der Waals surface area (Å²) in [5.41, 5.74) is 1.31. The Bertz CT molecular complexity index is 347. The molecule has 0 N–H and O–H groups in total. The standard InChI is InChI=1S/C12H17ClOS/c1-7-6-9(3)15-12(7)11(13)10-5-4-8(2)14-10/h6,8,10-11H,4-5H2,1-3H3. The first-order chi connectivity index (χ1) is 7.08. The van der Waals surface area contributed by atoms with E-state index in [1.807, 2.05) is 0 Å². The molecule has 1 aliphatic heterocycles. The van der Waals surface area contributed by atoms with Crippen molar-refractivity contribution in [2.24, 2.45) is 0 Å². The number of hydrogen-bond donors (Lipinski definition) is 0. The molecule has 0 aromatic carbocycles. The maximum absolute atomic E-state index is 6.48. The summed E-state index contributed by atoms with van der Waals surface area (Å²) in [5, 5.41) is 0.0358. The smallest absolute Gasteiger partial charge is 0.0942 e. The minimum absolute atomic E-state index is 0.0358. The van der Waals surface area contributed by atoms with E-state index in [0.717, 1.165) is 12.8 Å². The van der Waals surface area contributed by atoms with E-state index in [9.17, 15) is 0 Å². The van der Waals surface area contributed by atoms with E-state index in [4.69, 9.17) is 16.3 Å². The van der Waals surface area contributed by atoms with Crippen LogP contribution in [0, 0.1) is 13.8 Å². The first kappa shape index (κ1) is 11.4. The number of alkyl halides is 1. The first-order valence-corrected chi connectivity index (χ1v) is 6.69. The van der Waals surface area contributed by atoms with Gasteiger partial charge in [-0.2, -0.15) is 0 Å². The summed E-state index contributed by atoms with van der Waals surface area (Å²) < 4.78 is 5.82. The third-order valence-electron chi connectivity index (χ3n) is 2.92. The number of hydrogen-bond acceptors (Lipinski definition) is 2. The Morgan fingerprint density at radius 1 is 1.47 bits per heavy atom. The van der Waals surface area contributed by atoms with E-state index in [1.165, 1.54) is 15.3 Å². The van der Waals surface area contributed by atoms with Crippen molar-refractivity contribution in [3.8, 4) is 0 Å². The van der Waals surface area contributed by atoms with Crippen molar-refractivity contribution >= 4 is 22.9 Å². The summed E-state index contributed by atoms with van der Waals surface area (Å²) in [6.07, 6.45) is 2.80. The van der Waals surface area contributed by atoms with Gasteiger partial charge < -0.3 is 4.74 Å². The van der Waals surface area contributed by atoms with Gasteiger partial charge in [-0.25, -0.2) is 0 Å². The predicted molar refractivity (Wildman–Crippen MR) is 66.0 cm³/mol. The van der Waals surface area contributed by atoms with Gasteiger partial charge in [0.05, 0.1) is 17.6 Å². The van der Waals surface area contributed by atoms with Gasteiger partial charge in [0.1, 0.15) is 0 Å². The highest BCUT2D eigenvalue weighted by Crippen LogP contribution is 2.39. The van der Waals surface area contributed by atoms with Crippen LogP contribution in [0.2, 0.25) is 0 Å². The molecule has 0 radical (unpaired) electrons. The molecular weight excluding hydrogens is 228 g/mol. The van der Waals surface area contributed by atoms with Crippen molar-refractivity contribution in [1.29, 1.82) is 0 Å². The highest BCUT2D eigenvalue weighted by atomic mass is 35.5. The van der Waals surface area contributed by atoms with Gasteiger partial charge in [0, 0.05) is 9.75 Å². The molecule has 0 spiro atoms. The molecular formula is C12H17ClOS. The van der Waals surface area contributed by atoms with Gasteiger partial charge in [0.2, 0.25) is 0 Å². The average Bonchev–Trinajstić information content (AvgIpc) is 2.71. The molecule has 0 aliphatic carbocycles. The fraction of sp³-hybridized carbons (Fsp3) is 0.667. The Morgan fingerprint density at radius 2 is 2.20 bits per heavy atom. The van der Waals surface area contributed by atoms with Gasteiger partial charge >= 0.3 is 0 Å². The second kappa shape index (κ2) is 4.44. The van der Waals surface area contributed by atoms with Gasteiger partial charge in [0.25, 0.3) is 0 Å². The molecule has 0 saturated carbocycles. The van der Waals surface area contributed by atoms with Gasteiger partial charge in [-0.3, -0.25) is 0 Å². The minimum Gasteiger partial charge on any atom is -0.373 e. The zero-order valence-electron chi connectivity index (χ0n) is 9.42. The molecule has 3 unspecified atom stereocenters. The summed E-state index contributed by atoms with van der Waals surface area (Å²) in [5.74, 6) is 0. The minimum atomic E-state index is 0.0358. The lowest BCUT2D eigenvalue weighted by Gasteiger charge is -2.17. The van der Waals surface area contributed by atoms with Gasteiger partial charge in [0.15, 0.2) is 0 Å². The van der Waals surface area contributed by atoms with E-state index in [1.54, 1.807) is 11.3 Å². The summed E-state index contributed by atoms with van der Waals surface area (Å²) in [6, 6.07) is 2.20. The molecule has 1 aliphatic rings. The zero-order valence-corrected chi connectivity index (χ0v) is 11.0. The molecule has 2 rings (SSSR count). The average molecular weight is 245 g/mol. The van der Waals surface area contributed by atoms with Crippen molar-refractivity contribution < 1.29 is 4.74 Å². The summed E-state index contributed by atoms with van der Waals surface area (Å²) in [6.45, 7) is 6.38. The predicted octanol–water partition coefficient (Wildman–Crippen LogP) is 4.21. The lowest BCUT2D eigenvalue weighted by molar-refractivity contribution is 0.0537. The van der Waals surface area contributed by atoms with E-state index in [0.29, 0.717) is 6.10 Å². The van der Waals surface area contributed by atoms with Crippen LogP contribution in [0.5, 0.6) is 0 Å². The molecule has 1 nitrogen and oxygen atoms in total. The largest absolute Gasteiger partial charge is 0.373 e. The fourth-order valence-corrected chi connectivity index (χ4v) is 3.71. The Labute approximate surface area is 100 Å². The molecule has 1 aromatic rings. The number of aryl methyl sites for hydroxylation is 2. The van der Waals surface area contributed by atoms with Crippen LogP contribution in [0.1, 0.15) is 40.5 Å². The molecule has 1 saturated heterocycles. The van der Waals surface area contributed by atoms with Gasteiger partial charge in [-0.15, -0.1) is 22.9 Å². The number of rotatable bonds is 2. The van der Waals surface area contributed by atoms with Crippen LogP contribution < -0.4 is 0 Å². The summed E-state index contributed by atoms with van der Waals surface area (Å²) in [4.78, 5) is 2.62. The topological polar surface area (TPSA) is 9.23 Å². The number of halogens is 1. The van der Waals surface area contributed by atoms with Crippen molar-refractivity contribution in [3.05, 3.63) is 21.4 Å². The molecule has 1 aromatic heterocycles. The van der Waals surface area contributed by atoms with Crippen molar-refractivity contribution in [2.75, 3.05) is 0 Å². The Kier molecular flexibility index (Phi) is 3.39. The molecule has 15 heavy (non-hydrogen) atoms. The Hall–Kier alpha value is -0.0500. The van der Waals surface area contributed by atoms with E-state index < -0.39 is 0 Å². The SMILES string of the molecule is Cc1cc(C)c(C(Cl)C2CCC(C)O2)s1. The molecule has 0 bridgehead atoms. The molecule has 1 fully saturated rings. The molecule has 3 heteroatoms. The van der Waals surface area contributed by atoms with Crippen molar-refractivity contribution in [1.82, 2.24) is 0 Å². The van der Waals surface area contributed by atoms with E-state index in [2.05, 4.69) is 26.8 Å². The monoisotopic (exact) mass is 244 g/mol. The maximum atomic E-state index is 6.48. The second-order valence-electron chi connectivity index (χ2n) is 4.37. The van der Waals surface area contributed by atoms with Crippen LogP contribution in [-0.4, -0.2) is 12.2 Å². The lowest BCUT2D eigenvalue weighted by Crippen LogP contribution is -2.14. The highest BCUT2D eigenvalue weighted by Gasteiger charge is 2.30. The van der Waals surface area contributed by atoms with Crippen LogP contribution >= 0.6 is 22.9 Å². The lowest BCUT2D eigenvalue weighted by atomic mass is 10.1. The van der Waals surface area contributed by atoms with Gasteiger partial charge in [-0.1, -0.05) is 0 Å². The van der Waals surface area contributed by atoms with E-state index >= 15 is 0 Å². The molecule has 84 valence electrons. The van der Waals surface area contributed by atoms with Crippen LogP contribution in [0.4, 0.5) is 0 Å². The van der Waals surface area contributed by atoms with Crippen LogP contribution in [-0.2, 0) is 4.74 Å². The number of thiophene rings is 1. The maximum Gasteiger partial charge on any atom is 0.0942 e. The Balaban J connectivity index is 2.13. The zero-order chi connectivity index (χ0) is 11.0. The van der Waals surface area contributed by atoms with Gasteiger partial charge in [-0.05, 0) is 45.2 Å². The molecule has 2 heterocycles. The van der Waals surface area contributed by atoms with Crippen molar-refractivity contribution in [3.63, 3.8) is 0 Å². The van der Waals surface area contributed by atoms with Crippen molar-refractivity contribution in [2.45, 2.75) is 51.2 Å². The summed E-state index contributed by atoms with van der Waals surface area (Å²) >= 11 is 8.28. The van der Waals surface area contributed by atoms with E-state index in [-0.39, 0.29) is 11.5 Å². The third-order valence-corrected chi connectivity index (χ3v) is 4.79. The molecule has 0 amide bonds. The normalized spacial score (nSPS) is 28.3. The molecule has 3 atom stereocenters.